The largest absolute Gasteiger partial charge is 0.220 e. The molecule has 0 atom stereocenters. The van der Waals surface area contributed by atoms with Gasteiger partial charge in [-0.1, -0.05) is 11.1 Å². The molecule has 0 amide bonds. The second kappa shape index (κ2) is 4.84. The molecule has 66 valence electrons. The molecule has 0 aliphatic carbocycles. The highest BCUT2D eigenvalue weighted by molar-refractivity contribution is 9.10. The molecule has 1 aromatic rings. The zero-order chi connectivity index (χ0) is 8.97. The molecule has 0 unspecified atom stereocenters. The van der Waals surface area contributed by atoms with E-state index in [0.717, 1.165) is 27.0 Å². The third-order valence-electron chi connectivity index (χ3n) is 1.24. The van der Waals surface area contributed by atoms with Crippen LogP contribution in [0, 0.1) is 6.92 Å². The van der Waals surface area contributed by atoms with Gasteiger partial charge in [0.05, 0.1) is 16.9 Å². The van der Waals surface area contributed by atoms with Gasteiger partial charge in [-0.05, 0) is 40.5 Å². The van der Waals surface area contributed by atoms with Gasteiger partial charge >= 0.3 is 0 Å². The Bertz CT molecular complexity index is 267. The molecule has 0 fully saturated rings. The first-order valence-electron chi connectivity index (χ1n) is 3.15. The summed E-state index contributed by atoms with van der Waals surface area (Å²) in [5.74, 6) is 0. The van der Waals surface area contributed by atoms with Gasteiger partial charge in [0.15, 0.2) is 0 Å². The normalized spacial score (nSPS) is 10.2. The van der Waals surface area contributed by atoms with Gasteiger partial charge < -0.3 is 0 Å². The summed E-state index contributed by atoms with van der Waals surface area (Å²) in [6.07, 6.45) is 0. The molecule has 3 nitrogen and oxygen atoms in total. The minimum absolute atomic E-state index is 0.851. The van der Waals surface area contributed by atoms with E-state index < -0.39 is 0 Å². The first-order chi connectivity index (χ1) is 5.74. The summed E-state index contributed by atoms with van der Waals surface area (Å²) in [6, 6.07) is 5.78. The van der Waals surface area contributed by atoms with E-state index in [9.17, 15) is 0 Å². The van der Waals surface area contributed by atoms with E-state index in [1.54, 1.807) is 0 Å². The van der Waals surface area contributed by atoms with Gasteiger partial charge in [-0.3, -0.25) is 0 Å². The van der Waals surface area contributed by atoms with Crippen molar-refractivity contribution in [3.63, 3.8) is 0 Å². The second-order valence-corrected chi connectivity index (χ2v) is 3.76. The lowest BCUT2D eigenvalue weighted by molar-refractivity contribution is -0.432. The lowest BCUT2D eigenvalue weighted by Crippen LogP contribution is -1.81. The van der Waals surface area contributed by atoms with Crippen LogP contribution in [0.2, 0.25) is 0 Å². The smallest absolute Gasteiger partial charge is 0.0726 e. The fraction of sp³-hybridized carbons (Fsp3) is 0.143. The van der Waals surface area contributed by atoms with Crippen molar-refractivity contribution in [1.29, 1.82) is 0 Å². The summed E-state index contributed by atoms with van der Waals surface area (Å²) in [5, 5.41) is 11.4. The van der Waals surface area contributed by atoms with Crippen LogP contribution in [0.5, 0.6) is 0 Å². The topological polar surface area (TPSA) is 38.7 Å². The Hall–Kier alpha value is -0.0700. The van der Waals surface area contributed by atoms with Gasteiger partial charge in [0.25, 0.3) is 0 Å². The molecule has 1 aromatic carbocycles. The SMILES string of the molecule is Cc1ccc(Br)c(SOOO)c1. The van der Waals surface area contributed by atoms with Crippen LogP contribution < -0.4 is 0 Å². The minimum atomic E-state index is 0.851. The molecule has 0 saturated heterocycles. The zero-order valence-electron chi connectivity index (χ0n) is 6.28. The van der Waals surface area contributed by atoms with Gasteiger partial charge in [-0.15, -0.1) is 4.33 Å². The Kier molecular flexibility index (Phi) is 4.03. The molecule has 12 heavy (non-hydrogen) atoms. The summed E-state index contributed by atoms with van der Waals surface area (Å²) < 4.78 is 5.20. The molecular weight excluding hydrogens is 244 g/mol. The van der Waals surface area contributed by atoms with Crippen LogP contribution in [-0.2, 0) is 9.37 Å². The van der Waals surface area contributed by atoms with E-state index in [2.05, 4.69) is 25.3 Å². The quantitative estimate of drug-likeness (QED) is 0.508. The predicted molar refractivity (Wildman–Crippen MR) is 49.5 cm³/mol. The number of rotatable bonds is 3. The molecule has 0 heterocycles. The highest BCUT2D eigenvalue weighted by Crippen LogP contribution is 2.28. The van der Waals surface area contributed by atoms with Crippen molar-refractivity contribution < 1.29 is 14.6 Å². The Morgan fingerprint density at radius 3 is 2.92 bits per heavy atom. The highest BCUT2D eigenvalue weighted by Gasteiger charge is 2.01. The third kappa shape index (κ3) is 2.76. The maximum absolute atomic E-state index is 7.93. The lowest BCUT2D eigenvalue weighted by Gasteiger charge is -2.01. The molecule has 0 radical (unpaired) electrons. The monoisotopic (exact) mass is 250 g/mol. The summed E-state index contributed by atoms with van der Waals surface area (Å²) >= 11 is 4.26. The number of halogens is 1. The van der Waals surface area contributed by atoms with Crippen molar-refractivity contribution in [3.8, 4) is 0 Å². The van der Waals surface area contributed by atoms with Gasteiger partial charge in [0, 0.05) is 4.47 Å². The fourth-order valence-corrected chi connectivity index (χ4v) is 1.66. The maximum atomic E-state index is 7.93. The number of benzene rings is 1. The van der Waals surface area contributed by atoms with E-state index in [4.69, 9.17) is 5.26 Å². The van der Waals surface area contributed by atoms with Crippen molar-refractivity contribution in [1.82, 2.24) is 0 Å². The van der Waals surface area contributed by atoms with Crippen molar-refractivity contribution in [2.75, 3.05) is 0 Å². The maximum Gasteiger partial charge on any atom is 0.0726 e. The Morgan fingerprint density at radius 2 is 2.25 bits per heavy atom. The molecule has 1 N–H and O–H groups in total. The van der Waals surface area contributed by atoms with Crippen LogP contribution >= 0.6 is 28.0 Å². The van der Waals surface area contributed by atoms with Crippen LogP contribution in [-0.4, -0.2) is 5.26 Å². The van der Waals surface area contributed by atoms with Crippen molar-refractivity contribution in [2.45, 2.75) is 11.8 Å². The third-order valence-corrected chi connectivity index (χ3v) is 2.84. The van der Waals surface area contributed by atoms with Crippen molar-refractivity contribution >= 4 is 28.0 Å². The van der Waals surface area contributed by atoms with Crippen molar-refractivity contribution in [2.24, 2.45) is 0 Å². The Labute approximate surface area is 82.9 Å². The summed E-state index contributed by atoms with van der Waals surface area (Å²) in [4.78, 5) is 0.851. The van der Waals surface area contributed by atoms with E-state index >= 15 is 0 Å². The number of hydrogen-bond acceptors (Lipinski definition) is 4. The zero-order valence-corrected chi connectivity index (χ0v) is 8.68. The van der Waals surface area contributed by atoms with Crippen LogP contribution in [0.25, 0.3) is 0 Å². The summed E-state index contributed by atoms with van der Waals surface area (Å²) in [5.41, 5.74) is 1.11. The average molecular weight is 251 g/mol. The lowest BCUT2D eigenvalue weighted by atomic mass is 10.2. The molecule has 0 saturated carbocycles. The van der Waals surface area contributed by atoms with Gasteiger partial charge in [0.1, 0.15) is 0 Å². The molecular formula is C7H7BrO3S. The van der Waals surface area contributed by atoms with Crippen LogP contribution in [0.3, 0.4) is 0 Å². The molecule has 0 aliphatic rings. The predicted octanol–water partition coefficient (Wildman–Crippen LogP) is 3.19. The number of hydrogen-bond donors (Lipinski definition) is 1. The standard InChI is InChI=1S/C7H7BrO3S/c1-5-2-3-6(8)7(4-5)12-11-10-9/h2-4,9H,1H3. The summed E-state index contributed by atoms with van der Waals surface area (Å²) in [7, 11) is 0. The molecule has 1 rings (SSSR count). The minimum Gasteiger partial charge on any atom is -0.220 e. The Morgan fingerprint density at radius 1 is 1.50 bits per heavy atom. The molecule has 0 aliphatic heterocycles. The molecule has 5 heteroatoms. The highest BCUT2D eigenvalue weighted by atomic mass is 79.9. The summed E-state index contributed by atoms with van der Waals surface area (Å²) in [6.45, 7) is 1.97. The second-order valence-electron chi connectivity index (χ2n) is 2.16. The van der Waals surface area contributed by atoms with E-state index in [0.29, 0.717) is 0 Å². The average Bonchev–Trinajstić information content (AvgIpc) is 2.07. The first-order valence-corrected chi connectivity index (χ1v) is 4.68. The fourth-order valence-electron chi connectivity index (χ4n) is 0.726. The van der Waals surface area contributed by atoms with Gasteiger partial charge in [-0.25, -0.2) is 5.26 Å². The Balaban J connectivity index is 2.75. The molecule has 0 aromatic heterocycles. The van der Waals surface area contributed by atoms with Gasteiger partial charge in [0.2, 0.25) is 0 Å². The van der Waals surface area contributed by atoms with Gasteiger partial charge in [-0.2, -0.15) is 0 Å². The van der Waals surface area contributed by atoms with Crippen LogP contribution in [0.1, 0.15) is 5.56 Å². The van der Waals surface area contributed by atoms with E-state index in [1.165, 1.54) is 0 Å². The van der Waals surface area contributed by atoms with E-state index in [1.807, 2.05) is 25.1 Å². The van der Waals surface area contributed by atoms with E-state index in [-0.39, 0.29) is 0 Å². The molecule has 0 bridgehead atoms. The van der Waals surface area contributed by atoms with Crippen molar-refractivity contribution in [3.05, 3.63) is 28.2 Å². The number of aryl methyl sites for hydroxylation is 1. The van der Waals surface area contributed by atoms with Crippen LogP contribution in [0.4, 0.5) is 0 Å². The molecule has 0 spiro atoms. The van der Waals surface area contributed by atoms with Crippen LogP contribution in [0.15, 0.2) is 27.6 Å². The first kappa shape index (κ1) is 10.0.